The van der Waals surface area contributed by atoms with E-state index < -0.39 is 4.92 Å². The fourth-order valence-corrected chi connectivity index (χ4v) is 4.22. The highest BCUT2D eigenvalue weighted by molar-refractivity contribution is 7.99. The Bertz CT molecular complexity index is 1470. The van der Waals surface area contributed by atoms with Crippen molar-refractivity contribution in [3.63, 3.8) is 0 Å². The van der Waals surface area contributed by atoms with Crippen LogP contribution in [0.2, 0.25) is 10.0 Å². The molecule has 12 heteroatoms. The van der Waals surface area contributed by atoms with Crippen LogP contribution in [-0.4, -0.2) is 37.6 Å². The van der Waals surface area contributed by atoms with Gasteiger partial charge in [-0.15, -0.1) is 10.2 Å². The van der Waals surface area contributed by atoms with Crippen LogP contribution in [0.5, 0.6) is 0 Å². The van der Waals surface area contributed by atoms with Gasteiger partial charge >= 0.3 is 0 Å². The number of carbonyl (C=O) groups is 1. The van der Waals surface area contributed by atoms with Crippen molar-refractivity contribution >= 4 is 58.8 Å². The molecule has 0 saturated heterocycles. The van der Waals surface area contributed by atoms with Crippen LogP contribution in [0.4, 0.5) is 5.69 Å². The molecule has 1 heterocycles. The van der Waals surface area contributed by atoms with E-state index in [-0.39, 0.29) is 17.3 Å². The van der Waals surface area contributed by atoms with Gasteiger partial charge in [0.1, 0.15) is 0 Å². The summed E-state index contributed by atoms with van der Waals surface area (Å²) in [6.45, 7) is 0. The average molecular weight is 553 g/mol. The Morgan fingerprint density at radius 3 is 2.41 bits per heavy atom. The number of halogens is 2. The first-order chi connectivity index (χ1) is 17.9. The summed E-state index contributed by atoms with van der Waals surface area (Å²) in [6, 6.07) is 20.7. The number of para-hydroxylation sites is 1. The molecule has 0 saturated carbocycles. The Balaban J connectivity index is 1.44. The van der Waals surface area contributed by atoms with Gasteiger partial charge in [-0.25, -0.2) is 5.43 Å². The second kappa shape index (κ2) is 12.3. The lowest BCUT2D eigenvalue weighted by Crippen LogP contribution is -2.19. The van der Waals surface area contributed by atoms with Crippen molar-refractivity contribution in [1.82, 2.24) is 20.2 Å². The highest BCUT2D eigenvalue weighted by Crippen LogP contribution is 2.29. The first-order valence-corrected chi connectivity index (χ1v) is 12.5. The molecule has 0 radical (unpaired) electrons. The maximum absolute atomic E-state index is 12.4. The Hall–Kier alpha value is -3.99. The van der Waals surface area contributed by atoms with E-state index in [1.807, 2.05) is 28.8 Å². The fourth-order valence-electron chi connectivity index (χ4n) is 3.23. The van der Waals surface area contributed by atoms with E-state index >= 15 is 0 Å². The van der Waals surface area contributed by atoms with Crippen molar-refractivity contribution < 1.29 is 9.72 Å². The predicted molar refractivity (Wildman–Crippen MR) is 146 cm³/mol. The number of nitrogens with zero attached hydrogens (tertiary/aromatic N) is 5. The molecule has 186 valence electrons. The molecule has 0 bridgehead atoms. The van der Waals surface area contributed by atoms with Crippen LogP contribution in [0.3, 0.4) is 0 Å². The molecular weight excluding hydrogens is 535 g/mol. The number of carbonyl (C=O) groups excluding carboxylic acids is 1. The zero-order chi connectivity index (χ0) is 26.2. The summed E-state index contributed by atoms with van der Waals surface area (Å²) in [4.78, 5) is 23.0. The van der Waals surface area contributed by atoms with Crippen molar-refractivity contribution in [2.24, 2.45) is 5.10 Å². The number of rotatable bonds is 9. The molecule has 1 aromatic heterocycles. The molecule has 9 nitrogen and oxygen atoms in total. The lowest BCUT2D eigenvalue weighted by molar-refractivity contribution is -0.385. The number of nitrogens with one attached hydrogen (secondary N) is 1. The number of aromatic nitrogens is 3. The average Bonchev–Trinajstić information content (AvgIpc) is 3.32. The Labute approximate surface area is 226 Å². The summed E-state index contributed by atoms with van der Waals surface area (Å²) in [6.07, 6.45) is 4.38. The molecule has 0 unspecified atom stereocenters. The van der Waals surface area contributed by atoms with Gasteiger partial charge in [-0.05, 0) is 66.7 Å². The van der Waals surface area contributed by atoms with E-state index in [9.17, 15) is 14.9 Å². The number of nitro groups is 1. The number of allylic oxidation sites excluding steroid dienone is 1. The molecular formula is C25H18Cl2N6O3S. The molecule has 3 aromatic carbocycles. The quantitative estimate of drug-likeness (QED) is 0.117. The van der Waals surface area contributed by atoms with Gasteiger partial charge in [0.2, 0.25) is 0 Å². The molecule has 0 atom stereocenters. The van der Waals surface area contributed by atoms with E-state index in [1.165, 1.54) is 36.2 Å². The fraction of sp³-hybridized carbons (Fsp3) is 0.0400. The summed E-state index contributed by atoms with van der Waals surface area (Å²) >= 11 is 13.3. The zero-order valence-corrected chi connectivity index (χ0v) is 21.3. The highest BCUT2D eigenvalue weighted by Gasteiger charge is 2.17. The third-order valence-electron chi connectivity index (χ3n) is 4.91. The molecule has 0 aliphatic rings. The van der Waals surface area contributed by atoms with E-state index in [1.54, 1.807) is 42.5 Å². The van der Waals surface area contributed by atoms with Crippen molar-refractivity contribution in [2.75, 3.05) is 5.75 Å². The number of amides is 1. The Kier molecular flexibility index (Phi) is 8.68. The molecule has 0 spiro atoms. The van der Waals surface area contributed by atoms with Gasteiger partial charge in [-0.2, -0.15) is 5.10 Å². The highest BCUT2D eigenvalue weighted by atomic mass is 35.5. The standard InChI is InChI=1S/C25H18Cl2N6O3S/c26-19-9-7-18(8-10-19)24-30-31-25(32(24)21-13-11-20(27)12-14-21)37-16-23(34)29-28-15-3-5-17-4-1-2-6-22(17)33(35)36/h1-15H,16H2,(H,29,34)/b5-3+,28-15+. The first kappa shape index (κ1) is 26.1. The number of benzene rings is 3. The minimum absolute atomic E-state index is 0.0182. The normalized spacial score (nSPS) is 11.3. The van der Waals surface area contributed by atoms with Crippen LogP contribution in [0.1, 0.15) is 5.56 Å². The first-order valence-electron chi connectivity index (χ1n) is 10.7. The third-order valence-corrected chi connectivity index (χ3v) is 6.34. The number of hydrogen-bond donors (Lipinski definition) is 1. The number of nitro benzene ring substituents is 1. The third kappa shape index (κ3) is 6.82. The van der Waals surface area contributed by atoms with Crippen LogP contribution in [0.25, 0.3) is 23.2 Å². The Morgan fingerprint density at radius 2 is 1.70 bits per heavy atom. The van der Waals surface area contributed by atoms with Gasteiger partial charge in [-0.3, -0.25) is 19.5 Å². The van der Waals surface area contributed by atoms with E-state index in [0.29, 0.717) is 26.6 Å². The van der Waals surface area contributed by atoms with Crippen LogP contribution < -0.4 is 5.43 Å². The summed E-state index contributed by atoms with van der Waals surface area (Å²) in [5.41, 5.74) is 4.42. The molecule has 4 rings (SSSR count). The summed E-state index contributed by atoms with van der Waals surface area (Å²) in [5.74, 6) is 0.247. The molecule has 0 fully saturated rings. The molecule has 1 amide bonds. The largest absolute Gasteiger partial charge is 0.276 e. The lowest BCUT2D eigenvalue weighted by Gasteiger charge is -2.10. The van der Waals surface area contributed by atoms with Crippen molar-refractivity contribution in [3.8, 4) is 17.1 Å². The van der Waals surface area contributed by atoms with Crippen LogP contribution in [0.15, 0.2) is 89.1 Å². The Morgan fingerprint density at radius 1 is 1.03 bits per heavy atom. The van der Waals surface area contributed by atoms with Crippen molar-refractivity contribution in [2.45, 2.75) is 5.16 Å². The van der Waals surface area contributed by atoms with Gasteiger partial charge in [-0.1, -0.05) is 47.1 Å². The zero-order valence-electron chi connectivity index (χ0n) is 19.0. The topological polar surface area (TPSA) is 115 Å². The van der Waals surface area contributed by atoms with Gasteiger partial charge in [0.25, 0.3) is 11.6 Å². The van der Waals surface area contributed by atoms with Gasteiger partial charge in [0, 0.05) is 33.6 Å². The monoisotopic (exact) mass is 552 g/mol. The summed E-state index contributed by atoms with van der Waals surface area (Å²) < 4.78 is 1.83. The molecule has 0 aliphatic carbocycles. The van der Waals surface area contributed by atoms with E-state index in [0.717, 1.165) is 11.3 Å². The van der Waals surface area contributed by atoms with E-state index in [2.05, 4.69) is 20.7 Å². The smallest absolute Gasteiger partial charge is 0.272 e. The molecule has 0 aliphatic heterocycles. The van der Waals surface area contributed by atoms with Crippen LogP contribution in [-0.2, 0) is 4.79 Å². The minimum Gasteiger partial charge on any atom is -0.272 e. The van der Waals surface area contributed by atoms with Gasteiger partial charge in [0.15, 0.2) is 11.0 Å². The van der Waals surface area contributed by atoms with Gasteiger partial charge < -0.3 is 0 Å². The van der Waals surface area contributed by atoms with Crippen molar-refractivity contribution in [3.05, 3.63) is 105 Å². The van der Waals surface area contributed by atoms with Gasteiger partial charge in [0.05, 0.1) is 16.2 Å². The lowest BCUT2D eigenvalue weighted by atomic mass is 10.2. The minimum atomic E-state index is -0.461. The second-order valence-electron chi connectivity index (χ2n) is 7.40. The maximum atomic E-state index is 12.4. The van der Waals surface area contributed by atoms with E-state index in [4.69, 9.17) is 23.2 Å². The molecule has 4 aromatic rings. The van der Waals surface area contributed by atoms with Crippen molar-refractivity contribution in [1.29, 1.82) is 0 Å². The van der Waals surface area contributed by atoms with Crippen LogP contribution in [0, 0.1) is 10.1 Å². The predicted octanol–water partition coefficient (Wildman–Crippen LogP) is 6.06. The number of thioether (sulfide) groups is 1. The van der Waals surface area contributed by atoms with Crippen LogP contribution >= 0.6 is 35.0 Å². The SMILES string of the molecule is O=C(CSc1nnc(-c2ccc(Cl)cc2)n1-c1ccc(Cl)cc1)N/N=C/C=C/c1ccccc1[N+](=O)[O-]. The number of hydrazone groups is 1. The second-order valence-corrected chi connectivity index (χ2v) is 9.22. The summed E-state index contributed by atoms with van der Waals surface area (Å²) in [7, 11) is 0. The molecule has 1 N–H and O–H groups in total. The summed E-state index contributed by atoms with van der Waals surface area (Å²) in [5, 5.41) is 25.2. The molecule has 37 heavy (non-hydrogen) atoms. The number of hydrogen-bond acceptors (Lipinski definition) is 7. The maximum Gasteiger partial charge on any atom is 0.276 e.